The monoisotopic (exact) mass is 555 g/mol. The predicted octanol–water partition coefficient (Wildman–Crippen LogP) is 4.86. The van der Waals surface area contributed by atoms with Crippen LogP contribution in [0.4, 0.5) is 11.4 Å². The standard InChI is InChI=1S/C26H23BrClN3O4/c1-3-35-24(33)22-23(29)31(18-7-4-6-16(28)13(18)2)19-8-5-9-20(32)21(19)26(22)15-12-14(27)10-11-17(15)30-25(26)34/h4,6-7,10-12H,3,5,8-9,29H2,1-2H3,(H,30,34). The molecule has 0 fully saturated rings. The Labute approximate surface area is 216 Å². The molecule has 2 heterocycles. The van der Waals surface area contributed by atoms with Crippen LogP contribution >= 0.6 is 27.5 Å². The number of allylic oxidation sites excluding steroid dienone is 1. The lowest BCUT2D eigenvalue weighted by atomic mass is 9.63. The summed E-state index contributed by atoms with van der Waals surface area (Å²) in [7, 11) is 0. The van der Waals surface area contributed by atoms with Gasteiger partial charge in [-0.15, -0.1) is 0 Å². The van der Waals surface area contributed by atoms with Gasteiger partial charge in [0.1, 0.15) is 16.8 Å². The molecule has 0 aromatic heterocycles. The first-order valence-corrected chi connectivity index (χ1v) is 12.5. The number of fused-ring (bicyclic) bond motifs is 3. The first-order chi connectivity index (χ1) is 16.7. The summed E-state index contributed by atoms with van der Waals surface area (Å²) in [6.07, 6.45) is 1.36. The maximum absolute atomic E-state index is 13.9. The fourth-order valence-corrected chi connectivity index (χ4v) is 5.93. The van der Waals surface area contributed by atoms with Gasteiger partial charge in [-0.25, -0.2) is 4.79 Å². The molecule has 2 aliphatic heterocycles. The highest BCUT2D eigenvalue weighted by molar-refractivity contribution is 9.10. The molecule has 1 unspecified atom stereocenters. The van der Waals surface area contributed by atoms with E-state index in [1.165, 1.54) is 0 Å². The molecule has 7 nitrogen and oxygen atoms in total. The summed E-state index contributed by atoms with van der Waals surface area (Å²) >= 11 is 9.91. The first kappa shape index (κ1) is 23.6. The number of hydrogen-bond donors (Lipinski definition) is 2. The molecule has 2 aromatic rings. The molecule has 0 saturated heterocycles. The molecule has 2 aromatic carbocycles. The lowest BCUT2D eigenvalue weighted by Crippen LogP contribution is -2.53. The van der Waals surface area contributed by atoms with Gasteiger partial charge in [-0.1, -0.05) is 33.6 Å². The number of anilines is 2. The van der Waals surface area contributed by atoms with Crippen LogP contribution in [0, 0.1) is 6.92 Å². The molecule has 0 radical (unpaired) electrons. The summed E-state index contributed by atoms with van der Waals surface area (Å²) in [6.45, 7) is 3.60. The van der Waals surface area contributed by atoms with E-state index < -0.39 is 17.3 Å². The Morgan fingerprint density at radius 3 is 2.77 bits per heavy atom. The first-order valence-electron chi connectivity index (χ1n) is 11.3. The Morgan fingerprint density at radius 1 is 1.26 bits per heavy atom. The van der Waals surface area contributed by atoms with Crippen LogP contribution in [0.5, 0.6) is 0 Å². The number of rotatable bonds is 3. The molecule has 1 amide bonds. The van der Waals surface area contributed by atoms with Crippen LogP contribution in [0.1, 0.15) is 37.3 Å². The lowest BCUT2D eigenvalue weighted by Gasteiger charge is -2.44. The van der Waals surface area contributed by atoms with Crippen LogP contribution in [0.3, 0.4) is 0 Å². The average molecular weight is 557 g/mol. The number of ketones is 1. The van der Waals surface area contributed by atoms with E-state index in [-0.39, 0.29) is 35.8 Å². The second-order valence-electron chi connectivity index (χ2n) is 8.69. The van der Waals surface area contributed by atoms with Crippen LogP contribution < -0.4 is 16.0 Å². The van der Waals surface area contributed by atoms with E-state index >= 15 is 0 Å². The molecule has 5 rings (SSSR count). The van der Waals surface area contributed by atoms with E-state index in [1.807, 2.05) is 13.0 Å². The molecule has 3 aliphatic rings. The highest BCUT2D eigenvalue weighted by atomic mass is 79.9. The summed E-state index contributed by atoms with van der Waals surface area (Å²) in [4.78, 5) is 42.9. The van der Waals surface area contributed by atoms with E-state index in [0.29, 0.717) is 45.0 Å². The van der Waals surface area contributed by atoms with Gasteiger partial charge in [0.25, 0.3) is 0 Å². The maximum atomic E-state index is 13.9. The Morgan fingerprint density at radius 2 is 2.03 bits per heavy atom. The van der Waals surface area contributed by atoms with Crippen molar-refractivity contribution in [2.24, 2.45) is 5.73 Å². The maximum Gasteiger partial charge on any atom is 0.339 e. The summed E-state index contributed by atoms with van der Waals surface area (Å²) in [5, 5.41) is 3.40. The second kappa shape index (κ2) is 8.53. The quantitative estimate of drug-likeness (QED) is 0.524. The molecule has 9 heteroatoms. The predicted molar refractivity (Wildman–Crippen MR) is 137 cm³/mol. The van der Waals surface area contributed by atoms with Crippen molar-refractivity contribution in [1.29, 1.82) is 0 Å². The van der Waals surface area contributed by atoms with Gasteiger partial charge in [0, 0.05) is 38.4 Å². The number of hydrogen-bond acceptors (Lipinski definition) is 6. The van der Waals surface area contributed by atoms with E-state index in [9.17, 15) is 14.4 Å². The number of esters is 1. The summed E-state index contributed by atoms with van der Waals surface area (Å²) in [6, 6.07) is 10.7. The van der Waals surface area contributed by atoms with Crippen molar-refractivity contribution in [3.05, 3.63) is 79.7 Å². The minimum atomic E-state index is -1.72. The molecule has 35 heavy (non-hydrogen) atoms. The summed E-state index contributed by atoms with van der Waals surface area (Å²) in [5.74, 6) is -1.40. The SMILES string of the molecule is CCOC(=O)C1=C(N)N(c2cccc(Cl)c2C)C2=C(C(=O)CCC2)C12C(=O)Nc1ccc(Br)cc12. The smallest absolute Gasteiger partial charge is 0.339 e. The van der Waals surface area contributed by atoms with Gasteiger partial charge < -0.3 is 15.8 Å². The molecule has 1 atom stereocenters. The van der Waals surface area contributed by atoms with Crippen LogP contribution in [-0.4, -0.2) is 24.3 Å². The third-order valence-electron chi connectivity index (χ3n) is 6.84. The normalized spacial score (nSPS) is 21.3. The van der Waals surface area contributed by atoms with Crippen molar-refractivity contribution in [2.45, 2.75) is 38.5 Å². The molecular weight excluding hydrogens is 534 g/mol. The van der Waals surface area contributed by atoms with Crippen LogP contribution in [-0.2, 0) is 24.5 Å². The van der Waals surface area contributed by atoms with E-state index in [2.05, 4.69) is 21.2 Å². The van der Waals surface area contributed by atoms with Gasteiger partial charge in [0.15, 0.2) is 5.78 Å². The van der Waals surface area contributed by atoms with Crippen molar-refractivity contribution in [3.63, 3.8) is 0 Å². The Bertz CT molecular complexity index is 1380. The Balaban J connectivity index is 1.93. The average Bonchev–Trinajstić information content (AvgIpc) is 3.08. The van der Waals surface area contributed by atoms with Crippen molar-refractivity contribution >= 4 is 56.6 Å². The van der Waals surface area contributed by atoms with Crippen LogP contribution in [0.25, 0.3) is 0 Å². The van der Waals surface area contributed by atoms with Crippen LogP contribution in [0.2, 0.25) is 5.02 Å². The molecule has 0 saturated carbocycles. The van der Waals surface area contributed by atoms with E-state index in [1.54, 1.807) is 42.2 Å². The third-order valence-corrected chi connectivity index (χ3v) is 7.74. The number of nitrogens with two attached hydrogens (primary N) is 1. The van der Waals surface area contributed by atoms with Crippen molar-refractivity contribution in [2.75, 3.05) is 16.8 Å². The van der Waals surface area contributed by atoms with Crippen LogP contribution in [0.15, 0.2) is 63.5 Å². The molecule has 1 aliphatic carbocycles. The zero-order valence-electron chi connectivity index (χ0n) is 19.2. The van der Waals surface area contributed by atoms with Crippen molar-refractivity contribution in [1.82, 2.24) is 0 Å². The number of benzene rings is 2. The zero-order valence-corrected chi connectivity index (χ0v) is 21.5. The number of nitrogens with one attached hydrogen (secondary N) is 1. The van der Waals surface area contributed by atoms with E-state index in [4.69, 9.17) is 22.1 Å². The molecule has 3 N–H and O–H groups in total. The highest BCUT2D eigenvalue weighted by Gasteiger charge is 2.62. The van der Waals surface area contributed by atoms with E-state index in [0.717, 1.165) is 5.56 Å². The number of amides is 1. The fraction of sp³-hybridized carbons (Fsp3) is 0.269. The topological polar surface area (TPSA) is 102 Å². The van der Waals surface area contributed by atoms with Crippen molar-refractivity contribution < 1.29 is 19.1 Å². The number of halogens is 2. The molecule has 1 spiro atoms. The van der Waals surface area contributed by atoms with Gasteiger partial charge in [0.05, 0.1) is 12.3 Å². The minimum Gasteiger partial charge on any atom is -0.462 e. The number of ether oxygens (including phenoxy) is 1. The molecule has 0 bridgehead atoms. The lowest BCUT2D eigenvalue weighted by molar-refractivity contribution is -0.140. The second-order valence-corrected chi connectivity index (χ2v) is 10.0. The Kier molecular flexibility index (Phi) is 5.76. The Hall–Kier alpha value is -3.10. The molecular formula is C26H23BrClN3O4. The third kappa shape index (κ3) is 3.27. The molecule has 180 valence electrons. The summed E-state index contributed by atoms with van der Waals surface area (Å²) in [5.41, 5.74) is 8.26. The number of Topliss-reactive ketones (excluding diaryl/α,β-unsaturated/α-hetero) is 1. The number of carbonyl (C=O) groups excluding carboxylic acids is 3. The van der Waals surface area contributed by atoms with Gasteiger partial charge in [-0.05, 0) is 62.6 Å². The number of carbonyl (C=O) groups is 3. The van der Waals surface area contributed by atoms with Gasteiger partial charge in [0.2, 0.25) is 5.91 Å². The summed E-state index contributed by atoms with van der Waals surface area (Å²) < 4.78 is 6.13. The van der Waals surface area contributed by atoms with Crippen molar-refractivity contribution in [3.8, 4) is 0 Å². The highest BCUT2D eigenvalue weighted by Crippen LogP contribution is 2.56. The zero-order chi connectivity index (χ0) is 25.1. The van der Waals surface area contributed by atoms with Gasteiger partial charge in [-0.2, -0.15) is 0 Å². The van der Waals surface area contributed by atoms with Gasteiger partial charge >= 0.3 is 5.97 Å². The minimum absolute atomic E-state index is 0.0465. The number of nitrogens with zero attached hydrogens (tertiary/aromatic N) is 1. The fourth-order valence-electron chi connectivity index (χ4n) is 5.40. The van der Waals surface area contributed by atoms with Gasteiger partial charge in [-0.3, -0.25) is 14.5 Å². The largest absolute Gasteiger partial charge is 0.462 e.